The number of methoxy groups -OCH3 is 1. The van der Waals surface area contributed by atoms with Crippen LogP contribution in [0, 0.1) is 11.3 Å². The Morgan fingerprint density at radius 1 is 1.73 bits per heavy atom. The molecule has 0 unspecified atom stereocenters. The van der Waals surface area contributed by atoms with E-state index in [0.717, 1.165) is 0 Å². The molecule has 0 aliphatic rings. The van der Waals surface area contributed by atoms with Crippen molar-refractivity contribution in [2.45, 2.75) is 0 Å². The Morgan fingerprint density at radius 3 is 2.91 bits per heavy atom. The Balaban J connectivity index is 3.12. The molecule has 0 amide bonds. The first-order chi connectivity index (χ1) is 5.27. The van der Waals surface area contributed by atoms with Crippen molar-refractivity contribution in [2.75, 3.05) is 7.11 Å². The highest BCUT2D eigenvalue weighted by Gasteiger charge is 2.01. The van der Waals surface area contributed by atoms with Gasteiger partial charge in [0.25, 0.3) is 0 Å². The fourth-order valence-corrected chi connectivity index (χ4v) is 0.632. The Kier molecular flexibility index (Phi) is 1.93. The maximum atomic E-state index is 9.06. The van der Waals surface area contributed by atoms with Crippen LogP contribution in [0.2, 0.25) is 0 Å². The normalized spacial score (nSPS) is 8.73. The minimum absolute atomic E-state index is 0.00537. The maximum absolute atomic E-state index is 9.06. The molecular formula is C7H6N2O2. The SMILES string of the molecule is COc1cnc(C#N)c(O)c1. The highest BCUT2D eigenvalue weighted by molar-refractivity contribution is 5.40. The molecule has 4 nitrogen and oxygen atoms in total. The molecule has 0 aliphatic heterocycles. The molecule has 0 fully saturated rings. The Labute approximate surface area is 63.7 Å². The zero-order valence-corrected chi connectivity index (χ0v) is 5.90. The van der Waals surface area contributed by atoms with Gasteiger partial charge in [-0.2, -0.15) is 5.26 Å². The van der Waals surface area contributed by atoms with E-state index in [-0.39, 0.29) is 11.4 Å². The van der Waals surface area contributed by atoms with E-state index in [0.29, 0.717) is 5.75 Å². The molecule has 1 heterocycles. The van der Waals surface area contributed by atoms with Crippen LogP contribution in [0.5, 0.6) is 11.5 Å². The van der Waals surface area contributed by atoms with Gasteiger partial charge in [0.1, 0.15) is 11.8 Å². The fourth-order valence-electron chi connectivity index (χ4n) is 0.632. The van der Waals surface area contributed by atoms with Gasteiger partial charge in [0.15, 0.2) is 11.4 Å². The highest BCUT2D eigenvalue weighted by Crippen LogP contribution is 2.19. The lowest BCUT2D eigenvalue weighted by Gasteiger charge is -1.98. The van der Waals surface area contributed by atoms with Crippen LogP contribution < -0.4 is 4.74 Å². The van der Waals surface area contributed by atoms with Crippen molar-refractivity contribution in [3.63, 3.8) is 0 Å². The average molecular weight is 150 g/mol. The summed E-state index contributed by atoms with van der Waals surface area (Å²) >= 11 is 0. The molecule has 11 heavy (non-hydrogen) atoms. The molecule has 0 aliphatic carbocycles. The van der Waals surface area contributed by atoms with Crippen LogP contribution in [0.25, 0.3) is 0 Å². The summed E-state index contributed by atoms with van der Waals surface area (Å²) in [6, 6.07) is 3.07. The zero-order valence-electron chi connectivity index (χ0n) is 5.90. The lowest BCUT2D eigenvalue weighted by molar-refractivity contribution is 0.404. The number of ether oxygens (including phenoxy) is 1. The largest absolute Gasteiger partial charge is 0.505 e. The minimum atomic E-state index is -0.160. The topological polar surface area (TPSA) is 66.1 Å². The van der Waals surface area contributed by atoms with E-state index in [1.165, 1.54) is 19.4 Å². The summed E-state index contributed by atoms with van der Waals surface area (Å²) in [5, 5.41) is 17.4. The van der Waals surface area contributed by atoms with E-state index in [2.05, 4.69) is 4.98 Å². The summed E-state index contributed by atoms with van der Waals surface area (Å²) in [7, 11) is 1.46. The van der Waals surface area contributed by atoms with Crippen LogP contribution in [0.1, 0.15) is 5.69 Å². The molecule has 0 bridgehead atoms. The summed E-state index contributed by atoms with van der Waals surface area (Å²) in [6.45, 7) is 0. The first kappa shape index (κ1) is 7.35. The van der Waals surface area contributed by atoms with Crippen molar-refractivity contribution in [3.8, 4) is 17.6 Å². The van der Waals surface area contributed by atoms with Gasteiger partial charge >= 0.3 is 0 Å². The van der Waals surface area contributed by atoms with Gasteiger partial charge in [-0.3, -0.25) is 0 Å². The molecule has 4 heteroatoms. The van der Waals surface area contributed by atoms with Crippen LogP contribution in [-0.4, -0.2) is 17.2 Å². The number of rotatable bonds is 1. The number of nitriles is 1. The van der Waals surface area contributed by atoms with Crippen molar-refractivity contribution < 1.29 is 9.84 Å². The van der Waals surface area contributed by atoms with E-state index < -0.39 is 0 Å². The average Bonchev–Trinajstić information content (AvgIpc) is 2.04. The van der Waals surface area contributed by atoms with E-state index >= 15 is 0 Å². The molecule has 1 rings (SSSR count). The molecule has 56 valence electrons. The molecule has 1 N–H and O–H groups in total. The third-order valence-electron chi connectivity index (χ3n) is 1.18. The predicted molar refractivity (Wildman–Crippen MR) is 37.2 cm³/mol. The minimum Gasteiger partial charge on any atom is -0.505 e. The number of nitrogens with zero attached hydrogens (tertiary/aromatic N) is 2. The van der Waals surface area contributed by atoms with E-state index in [1.54, 1.807) is 6.07 Å². The summed E-state index contributed by atoms with van der Waals surface area (Å²) in [6.07, 6.45) is 1.37. The van der Waals surface area contributed by atoms with Crippen LogP contribution in [-0.2, 0) is 0 Å². The third-order valence-corrected chi connectivity index (χ3v) is 1.18. The lowest BCUT2D eigenvalue weighted by atomic mass is 10.3. The Hall–Kier alpha value is -1.76. The molecule has 0 radical (unpaired) electrons. The molecule has 1 aromatic heterocycles. The molecule has 0 aromatic carbocycles. The second kappa shape index (κ2) is 2.88. The molecule has 1 aromatic rings. The van der Waals surface area contributed by atoms with Gasteiger partial charge in [-0.25, -0.2) is 4.98 Å². The molecule has 0 atom stereocenters. The Bertz CT molecular complexity index is 304. The molecular weight excluding hydrogens is 144 g/mol. The van der Waals surface area contributed by atoms with Gasteiger partial charge in [0, 0.05) is 6.07 Å². The first-order valence-corrected chi connectivity index (χ1v) is 2.91. The quantitative estimate of drug-likeness (QED) is 0.638. The van der Waals surface area contributed by atoms with E-state index in [9.17, 15) is 0 Å². The van der Waals surface area contributed by atoms with Crippen molar-refractivity contribution in [3.05, 3.63) is 18.0 Å². The summed E-state index contributed by atoms with van der Waals surface area (Å²) in [5.41, 5.74) is 0.00537. The van der Waals surface area contributed by atoms with Gasteiger partial charge < -0.3 is 9.84 Å². The number of pyridine rings is 1. The van der Waals surface area contributed by atoms with Gasteiger partial charge in [-0.05, 0) is 0 Å². The number of aromatic hydroxyl groups is 1. The predicted octanol–water partition coefficient (Wildman–Crippen LogP) is 0.667. The fraction of sp³-hybridized carbons (Fsp3) is 0.143. The van der Waals surface area contributed by atoms with Gasteiger partial charge in [0.2, 0.25) is 0 Å². The van der Waals surface area contributed by atoms with Gasteiger partial charge in [0.05, 0.1) is 13.3 Å². The lowest BCUT2D eigenvalue weighted by Crippen LogP contribution is -1.87. The highest BCUT2D eigenvalue weighted by atomic mass is 16.5. The van der Waals surface area contributed by atoms with Crippen molar-refractivity contribution >= 4 is 0 Å². The van der Waals surface area contributed by atoms with Crippen molar-refractivity contribution in [1.82, 2.24) is 4.98 Å². The second-order valence-electron chi connectivity index (χ2n) is 1.85. The van der Waals surface area contributed by atoms with Crippen LogP contribution in [0.15, 0.2) is 12.3 Å². The van der Waals surface area contributed by atoms with Gasteiger partial charge in [-0.15, -0.1) is 0 Å². The number of aromatic nitrogens is 1. The summed E-state index contributed by atoms with van der Waals surface area (Å²) in [4.78, 5) is 3.63. The van der Waals surface area contributed by atoms with Crippen LogP contribution in [0.3, 0.4) is 0 Å². The summed E-state index contributed by atoms with van der Waals surface area (Å²) < 4.78 is 4.76. The van der Waals surface area contributed by atoms with Crippen LogP contribution in [0.4, 0.5) is 0 Å². The third kappa shape index (κ3) is 1.38. The second-order valence-corrected chi connectivity index (χ2v) is 1.85. The van der Waals surface area contributed by atoms with Crippen molar-refractivity contribution in [2.24, 2.45) is 0 Å². The Morgan fingerprint density at radius 2 is 2.45 bits per heavy atom. The number of hydrogen-bond donors (Lipinski definition) is 1. The number of hydrogen-bond acceptors (Lipinski definition) is 4. The summed E-state index contributed by atoms with van der Waals surface area (Å²) in [5.74, 6) is 0.272. The van der Waals surface area contributed by atoms with E-state index in [4.69, 9.17) is 15.1 Å². The maximum Gasteiger partial charge on any atom is 0.182 e. The standard InChI is InChI=1S/C7H6N2O2/c1-11-5-2-7(10)6(3-8)9-4-5/h2,4,10H,1H3. The zero-order chi connectivity index (χ0) is 8.27. The first-order valence-electron chi connectivity index (χ1n) is 2.91. The van der Waals surface area contributed by atoms with Crippen LogP contribution >= 0.6 is 0 Å². The van der Waals surface area contributed by atoms with Gasteiger partial charge in [-0.1, -0.05) is 0 Å². The molecule has 0 spiro atoms. The monoisotopic (exact) mass is 150 g/mol. The molecule has 0 saturated carbocycles. The molecule has 0 saturated heterocycles. The van der Waals surface area contributed by atoms with Crippen molar-refractivity contribution in [1.29, 1.82) is 5.26 Å². The van der Waals surface area contributed by atoms with E-state index in [1.807, 2.05) is 0 Å². The smallest absolute Gasteiger partial charge is 0.182 e.